The van der Waals surface area contributed by atoms with Crippen molar-refractivity contribution in [1.82, 2.24) is 4.98 Å². The number of aromatic nitrogens is 1. The van der Waals surface area contributed by atoms with Crippen molar-refractivity contribution < 1.29 is 16.8 Å². The Hall–Kier alpha value is -2.55. The molecule has 3 aromatic rings. The van der Waals surface area contributed by atoms with Crippen molar-refractivity contribution in [3.63, 3.8) is 0 Å². The van der Waals surface area contributed by atoms with E-state index in [0.717, 1.165) is 36.0 Å². The second-order valence-electron chi connectivity index (χ2n) is 8.16. The predicted octanol–water partition coefficient (Wildman–Crippen LogP) is 3.57. The summed E-state index contributed by atoms with van der Waals surface area (Å²) in [5.74, 6) is 0.274. The number of nitrogens with zero attached hydrogens (tertiary/aromatic N) is 1. The fourth-order valence-electron chi connectivity index (χ4n) is 4.17. The molecule has 0 bridgehead atoms. The van der Waals surface area contributed by atoms with Gasteiger partial charge in [-0.2, -0.15) is 0 Å². The third-order valence-corrected chi connectivity index (χ3v) is 9.71. The molecule has 1 atom stereocenters. The molecule has 1 aromatic heterocycles. The van der Waals surface area contributed by atoms with Crippen LogP contribution in [-0.4, -0.2) is 21.8 Å². The molecule has 1 unspecified atom stereocenters. The highest BCUT2D eigenvalue weighted by molar-refractivity contribution is 7.94. The van der Waals surface area contributed by atoms with Crippen molar-refractivity contribution in [3.8, 4) is 0 Å². The van der Waals surface area contributed by atoms with Crippen LogP contribution in [0.2, 0.25) is 0 Å². The molecule has 1 fully saturated rings. The van der Waals surface area contributed by atoms with Crippen molar-refractivity contribution in [2.75, 3.05) is 0 Å². The van der Waals surface area contributed by atoms with Gasteiger partial charge in [0.1, 0.15) is 0 Å². The van der Waals surface area contributed by atoms with Gasteiger partial charge in [-0.3, -0.25) is 0 Å². The molecule has 2 aromatic carbocycles. The SMILES string of the molecule is NC1CCc2cc(S(=O)(=O)c3ccc(C4CC4)cc3S(=O)(=O)c3ccccn3)ccc21. The van der Waals surface area contributed by atoms with Crippen molar-refractivity contribution in [1.29, 1.82) is 0 Å². The van der Waals surface area contributed by atoms with Gasteiger partial charge >= 0.3 is 0 Å². The highest BCUT2D eigenvalue weighted by atomic mass is 32.2. The van der Waals surface area contributed by atoms with Crippen LogP contribution in [0, 0.1) is 0 Å². The second kappa shape index (κ2) is 7.25. The molecule has 2 aliphatic carbocycles. The molecule has 31 heavy (non-hydrogen) atoms. The molecular weight excluding hydrogens is 432 g/mol. The molecular formula is C23H22N2O4S2. The van der Waals surface area contributed by atoms with Crippen LogP contribution in [0.3, 0.4) is 0 Å². The van der Waals surface area contributed by atoms with E-state index in [-0.39, 0.29) is 31.7 Å². The van der Waals surface area contributed by atoms with Crippen LogP contribution in [0.15, 0.2) is 80.5 Å². The lowest BCUT2D eigenvalue weighted by Crippen LogP contribution is -2.13. The highest BCUT2D eigenvalue weighted by Gasteiger charge is 2.33. The minimum atomic E-state index is -4.12. The topological polar surface area (TPSA) is 107 Å². The summed E-state index contributed by atoms with van der Waals surface area (Å²) in [4.78, 5) is 3.62. The zero-order chi connectivity index (χ0) is 21.8. The van der Waals surface area contributed by atoms with Crippen LogP contribution < -0.4 is 5.73 Å². The van der Waals surface area contributed by atoms with E-state index in [9.17, 15) is 16.8 Å². The maximum atomic E-state index is 13.6. The summed E-state index contributed by atoms with van der Waals surface area (Å²) in [6, 6.07) is 14.0. The van der Waals surface area contributed by atoms with E-state index in [0.29, 0.717) is 6.42 Å². The van der Waals surface area contributed by atoms with Crippen molar-refractivity contribution in [2.45, 2.75) is 57.4 Å². The second-order valence-corrected chi connectivity index (χ2v) is 11.9. The number of rotatable bonds is 5. The summed E-state index contributed by atoms with van der Waals surface area (Å²) in [5, 5.41) is -0.167. The zero-order valence-electron chi connectivity index (χ0n) is 16.7. The van der Waals surface area contributed by atoms with Crippen LogP contribution >= 0.6 is 0 Å². The van der Waals surface area contributed by atoms with Gasteiger partial charge in [0.25, 0.3) is 0 Å². The Morgan fingerprint density at radius 1 is 0.839 bits per heavy atom. The number of hydrogen-bond acceptors (Lipinski definition) is 6. The molecule has 5 rings (SSSR count). The van der Waals surface area contributed by atoms with Gasteiger partial charge in [0.05, 0.1) is 14.7 Å². The molecule has 8 heteroatoms. The summed E-state index contributed by atoms with van der Waals surface area (Å²) >= 11 is 0. The molecule has 0 saturated heterocycles. The number of hydrogen-bond donors (Lipinski definition) is 1. The maximum Gasteiger partial charge on any atom is 0.225 e. The lowest BCUT2D eigenvalue weighted by atomic mass is 10.1. The van der Waals surface area contributed by atoms with Gasteiger partial charge in [0, 0.05) is 12.2 Å². The third kappa shape index (κ3) is 3.48. The first-order valence-corrected chi connectivity index (χ1v) is 13.2. The van der Waals surface area contributed by atoms with Crippen LogP contribution in [0.4, 0.5) is 0 Å². The molecule has 2 aliphatic rings. The van der Waals surface area contributed by atoms with E-state index in [2.05, 4.69) is 4.98 Å². The van der Waals surface area contributed by atoms with E-state index < -0.39 is 19.7 Å². The quantitative estimate of drug-likeness (QED) is 0.632. The number of nitrogens with two attached hydrogens (primary N) is 1. The molecule has 0 aliphatic heterocycles. The number of sulfone groups is 2. The first-order valence-electron chi connectivity index (χ1n) is 10.2. The smallest absolute Gasteiger partial charge is 0.225 e. The first kappa shape index (κ1) is 20.4. The van der Waals surface area contributed by atoms with E-state index in [1.54, 1.807) is 30.3 Å². The number of pyridine rings is 1. The molecule has 0 radical (unpaired) electrons. The van der Waals surface area contributed by atoms with Crippen LogP contribution in [-0.2, 0) is 26.1 Å². The Balaban J connectivity index is 1.69. The van der Waals surface area contributed by atoms with Gasteiger partial charge < -0.3 is 5.73 Å². The summed E-state index contributed by atoms with van der Waals surface area (Å²) in [6.07, 6.45) is 4.81. The van der Waals surface area contributed by atoms with E-state index >= 15 is 0 Å². The Morgan fingerprint density at radius 3 is 2.35 bits per heavy atom. The van der Waals surface area contributed by atoms with Gasteiger partial charge in [-0.15, -0.1) is 0 Å². The molecule has 0 amide bonds. The Kier molecular flexibility index (Phi) is 4.76. The van der Waals surface area contributed by atoms with Crippen LogP contribution in [0.1, 0.15) is 47.9 Å². The number of aryl methyl sites for hydroxylation is 1. The summed E-state index contributed by atoms with van der Waals surface area (Å²) < 4.78 is 54.0. The maximum absolute atomic E-state index is 13.6. The standard InChI is InChI=1S/C23H22N2O4S2/c24-20-10-6-17-13-18(8-9-19(17)20)30(26,27)21-11-7-16(15-4-5-15)14-22(21)31(28,29)23-3-1-2-12-25-23/h1-3,7-9,11-15,20H,4-6,10,24H2. The molecule has 0 spiro atoms. The third-order valence-electron chi connectivity index (χ3n) is 6.06. The predicted molar refractivity (Wildman–Crippen MR) is 115 cm³/mol. The average molecular weight is 455 g/mol. The highest BCUT2D eigenvalue weighted by Crippen LogP contribution is 2.43. The molecule has 6 nitrogen and oxygen atoms in total. The van der Waals surface area contributed by atoms with E-state index in [1.807, 2.05) is 0 Å². The molecule has 1 saturated carbocycles. The van der Waals surface area contributed by atoms with Crippen molar-refractivity contribution in [2.24, 2.45) is 5.73 Å². The van der Waals surface area contributed by atoms with Gasteiger partial charge in [-0.1, -0.05) is 18.2 Å². The summed E-state index contributed by atoms with van der Waals surface area (Å²) in [5.41, 5.74) is 8.77. The minimum absolute atomic E-state index is 0.0805. The van der Waals surface area contributed by atoms with Gasteiger partial charge in [-0.25, -0.2) is 21.8 Å². The summed E-state index contributed by atoms with van der Waals surface area (Å²) in [7, 11) is -8.19. The van der Waals surface area contributed by atoms with Crippen LogP contribution in [0.25, 0.3) is 0 Å². The van der Waals surface area contributed by atoms with E-state index in [4.69, 9.17) is 5.73 Å². The minimum Gasteiger partial charge on any atom is -0.324 e. The lowest BCUT2D eigenvalue weighted by molar-refractivity contribution is 0.580. The van der Waals surface area contributed by atoms with Gasteiger partial charge in [-0.05, 0) is 84.7 Å². The monoisotopic (exact) mass is 454 g/mol. The number of fused-ring (bicyclic) bond motifs is 1. The Labute approximate surface area is 182 Å². The van der Waals surface area contributed by atoms with Crippen LogP contribution in [0.5, 0.6) is 0 Å². The molecule has 1 heterocycles. The molecule has 2 N–H and O–H groups in total. The fraction of sp³-hybridized carbons (Fsp3) is 0.261. The Morgan fingerprint density at radius 2 is 1.65 bits per heavy atom. The zero-order valence-corrected chi connectivity index (χ0v) is 18.4. The first-order chi connectivity index (χ1) is 14.8. The lowest BCUT2D eigenvalue weighted by Gasteiger charge is -2.14. The largest absolute Gasteiger partial charge is 0.324 e. The van der Waals surface area contributed by atoms with Crippen molar-refractivity contribution in [3.05, 3.63) is 77.5 Å². The average Bonchev–Trinajstić information content (AvgIpc) is 3.57. The number of benzene rings is 2. The van der Waals surface area contributed by atoms with Gasteiger partial charge in [0.15, 0.2) is 5.03 Å². The Bertz CT molecular complexity index is 1380. The van der Waals surface area contributed by atoms with Gasteiger partial charge in [0.2, 0.25) is 19.7 Å². The van der Waals surface area contributed by atoms with Crippen molar-refractivity contribution >= 4 is 19.7 Å². The van der Waals surface area contributed by atoms with E-state index in [1.165, 1.54) is 30.5 Å². The fourth-order valence-corrected chi connectivity index (χ4v) is 7.50. The molecule has 160 valence electrons. The summed E-state index contributed by atoms with van der Waals surface area (Å²) in [6.45, 7) is 0. The normalized spacial score (nSPS) is 18.7.